The number of carboxylic acids is 2. The molecule has 0 spiro atoms. The van der Waals surface area contributed by atoms with E-state index in [-0.39, 0.29) is 0 Å². The SMILES string of the molecule is CCN(CC)CCC(Sc1ccccc1)c1ccccc1.O=C(O)C(=O)O. The van der Waals surface area contributed by atoms with Gasteiger partial charge in [-0.15, -0.1) is 11.8 Å². The maximum Gasteiger partial charge on any atom is 0.414 e. The van der Waals surface area contributed by atoms with Crippen molar-refractivity contribution in [3.05, 3.63) is 66.2 Å². The lowest BCUT2D eigenvalue weighted by molar-refractivity contribution is -0.159. The number of rotatable bonds is 8. The lowest BCUT2D eigenvalue weighted by atomic mass is 10.1. The standard InChI is InChI=1S/C19H25NS.C2H2O4/c1-3-20(4-2)16-15-19(17-11-7-5-8-12-17)21-18-13-9-6-10-14-18;3-1(4)2(5)6/h5-14,19H,3-4,15-16H2,1-2H3;(H,3,4)(H,5,6). The molecule has 0 radical (unpaired) electrons. The molecular formula is C21H27NO4S. The molecule has 0 bridgehead atoms. The minimum Gasteiger partial charge on any atom is -0.473 e. The molecule has 0 saturated carbocycles. The summed E-state index contributed by atoms with van der Waals surface area (Å²) in [5.41, 5.74) is 1.43. The van der Waals surface area contributed by atoms with Gasteiger partial charge >= 0.3 is 11.9 Å². The van der Waals surface area contributed by atoms with Crippen LogP contribution < -0.4 is 0 Å². The molecule has 0 aliphatic heterocycles. The van der Waals surface area contributed by atoms with E-state index in [0.717, 1.165) is 19.6 Å². The molecular weight excluding hydrogens is 362 g/mol. The Labute approximate surface area is 165 Å². The van der Waals surface area contributed by atoms with Crippen molar-refractivity contribution in [2.24, 2.45) is 0 Å². The van der Waals surface area contributed by atoms with Crippen LogP contribution in [0.25, 0.3) is 0 Å². The van der Waals surface area contributed by atoms with Crippen molar-refractivity contribution in [2.45, 2.75) is 30.4 Å². The zero-order valence-electron chi connectivity index (χ0n) is 15.7. The average molecular weight is 390 g/mol. The van der Waals surface area contributed by atoms with Crippen LogP contribution in [-0.2, 0) is 9.59 Å². The van der Waals surface area contributed by atoms with E-state index < -0.39 is 11.9 Å². The minimum absolute atomic E-state index is 0.522. The number of thioether (sulfide) groups is 1. The Morgan fingerprint density at radius 3 is 1.81 bits per heavy atom. The first-order valence-corrected chi connectivity index (χ1v) is 9.81. The summed E-state index contributed by atoms with van der Waals surface area (Å²) in [6.45, 7) is 7.91. The predicted octanol–water partition coefficient (Wildman–Crippen LogP) is 4.41. The van der Waals surface area contributed by atoms with Gasteiger partial charge in [0.15, 0.2) is 0 Å². The van der Waals surface area contributed by atoms with Gasteiger partial charge < -0.3 is 15.1 Å². The Bertz CT molecular complexity index is 663. The second kappa shape index (κ2) is 12.9. The largest absolute Gasteiger partial charge is 0.473 e. The number of aliphatic carboxylic acids is 2. The molecule has 0 saturated heterocycles. The third kappa shape index (κ3) is 9.26. The molecule has 0 aliphatic carbocycles. The number of carboxylic acid groups (broad SMARTS) is 2. The maximum absolute atomic E-state index is 9.10. The predicted molar refractivity (Wildman–Crippen MR) is 109 cm³/mol. The highest BCUT2D eigenvalue weighted by Crippen LogP contribution is 2.37. The third-order valence-corrected chi connectivity index (χ3v) is 5.31. The first-order valence-electron chi connectivity index (χ1n) is 8.93. The summed E-state index contributed by atoms with van der Waals surface area (Å²) in [7, 11) is 0. The molecule has 0 amide bonds. The van der Waals surface area contributed by atoms with Crippen molar-refractivity contribution < 1.29 is 19.8 Å². The van der Waals surface area contributed by atoms with Gasteiger partial charge in [0.2, 0.25) is 0 Å². The van der Waals surface area contributed by atoms with E-state index in [1.165, 1.54) is 16.9 Å². The summed E-state index contributed by atoms with van der Waals surface area (Å²) in [5, 5.41) is 15.3. The normalized spacial score (nSPS) is 11.4. The summed E-state index contributed by atoms with van der Waals surface area (Å²) in [6, 6.07) is 21.6. The Kier molecular flexibility index (Phi) is 10.9. The highest BCUT2D eigenvalue weighted by atomic mass is 32.2. The fraction of sp³-hybridized carbons (Fsp3) is 0.333. The number of nitrogens with zero attached hydrogens (tertiary/aromatic N) is 1. The molecule has 27 heavy (non-hydrogen) atoms. The van der Waals surface area contributed by atoms with Gasteiger partial charge in [-0.25, -0.2) is 9.59 Å². The molecule has 6 heteroatoms. The molecule has 146 valence electrons. The average Bonchev–Trinajstić information content (AvgIpc) is 2.69. The van der Waals surface area contributed by atoms with Crippen LogP contribution in [0.1, 0.15) is 31.1 Å². The van der Waals surface area contributed by atoms with E-state index in [2.05, 4.69) is 79.4 Å². The topological polar surface area (TPSA) is 77.8 Å². The molecule has 0 aromatic heterocycles. The van der Waals surface area contributed by atoms with Gasteiger partial charge in [0.1, 0.15) is 0 Å². The molecule has 1 atom stereocenters. The van der Waals surface area contributed by atoms with Gasteiger partial charge in [-0.3, -0.25) is 0 Å². The smallest absolute Gasteiger partial charge is 0.414 e. The van der Waals surface area contributed by atoms with Gasteiger partial charge in [-0.2, -0.15) is 0 Å². The zero-order chi connectivity index (χ0) is 20.1. The van der Waals surface area contributed by atoms with Crippen LogP contribution in [-0.4, -0.2) is 46.7 Å². The van der Waals surface area contributed by atoms with Crippen molar-refractivity contribution in [3.63, 3.8) is 0 Å². The fourth-order valence-electron chi connectivity index (χ4n) is 2.46. The maximum atomic E-state index is 9.10. The van der Waals surface area contributed by atoms with E-state index in [9.17, 15) is 0 Å². The molecule has 2 aromatic rings. The van der Waals surface area contributed by atoms with Gasteiger partial charge in [-0.05, 0) is 43.8 Å². The molecule has 5 nitrogen and oxygen atoms in total. The van der Waals surface area contributed by atoms with Crippen molar-refractivity contribution in [1.82, 2.24) is 4.90 Å². The number of hydrogen-bond donors (Lipinski definition) is 2. The van der Waals surface area contributed by atoms with Crippen LogP contribution in [0.15, 0.2) is 65.6 Å². The lowest BCUT2D eigenvalue weighted by Gasteiger charge is -2.23. The minimum atomic E-state index is -1.82. The summed E-state index contributed by atoms with van der Waals surface area (Å²) < 4.78 is 0. The van der Waals surface area contributed by atoms with Crippen molar-refractivity contribution in [1.29, 1.82) is 0 Å². The number of hydrogen-bond acceptors (Lipinski definition) is 4. The number of carbonyl (C=O) groups is 2. The van der Waals surface area contributed by atoms with Gasteiger partial charge in [-0.1, -0.05) is 62.4 Å². The first kappa shape index (κ1) is 22.7. The van der Waals surface area contributed by atoms with E-state index in [4.69, 9.17) is 19.8 Å². The van der Waals surface area contributed by atoms with Crippen molar-refractivity contribution >= 4 is 23.7 Å². The monoisotopic (exact) mass is 389 g/mol. The summed E-state index contributed by atoms with van der Waals surface area (Å²) in [6.07, 6.45) is 1.19. The van der Waals surface area contributed by atoms with E-state index in [1.807, 2.05) is 11.8 Å². The van der Waals surface area contributed by atoms with Gasteiger partial charge in [0, 0.05) is 10.1 Å². The van der Waals surface area contributed by atoms with Crippen LogP contribution >= 0.6 is 11.8 Å². The van der Waals surface area contributed by atoms with Crippen molar-refractivity contribution in [3.8, 4) is 0 Å². The molecule has 0 aliphatic rings. The lowest BCUT2D eigenvalue weighted by Crippen LogP contribution is -2.24. The number of benzene rings is 2. The zero-order valence-corrected chi connectivity index (χ0v) is 16.6. The van der Waals surface area contributed by atoms with Gasteiger partial charge in [0.05, 0.1) is 0 Å². The fourth-order valence-corrected chi connectivity index (χ4v) is 3.62. The summed E-state index contributed by atoms with van der Waals surface area (Å²) >= 11 is 1.98. The molecule has 0 heterocycles. The van der Waals surface area contributed by atoms with Gasteiger partial charge in [0.25, 0.3) is 0 Å². The van der Waals surface area contributed by atoms with E-state index >= 15 is 0 Å². The Hall–Kier alpha value is -2.31. The second-order valence-corrected chi connectivity index (χ2v) is 7.03. The van der Waals surface area contributed by atoms with E-state index in [0.29, 0.717) is 5.25 Å². The summed E-state index contributed by atoms with van der Waals surface area (Å²) in [4.78, 5) is 22.1. The highest BCUT2D eigenvalue weighted by Gasteiger charge is 2.14. The second-order valence-electron chi connectivity index (χ2n) is 5.76. The Balaban J connectivity index is 0.000000527. The van der Waals surface area contributed by atoms with Crippen LogP contribution in [0, 0.1) is 0 Å². The third-order valence-electron chi connectivity index (χ3n) is 3.98. The highest BCUT2D eigenvalue weighted by molar-refractivity contribution is 7.99. The quantitative estimate of drug-likeness (QED) is 0.514. The Morgan fingerprint density at radius 1 is 0.889 bits per heavy atom. The summed E-state index contributed by atoms with van der Waals surface area (Å²) in [5.74, 6) is -3.65. The molecule has 0 fully saturated rings. The van der Waals surface area contributed by atoms with Crippen LogP contribution in [0.3, 0.4) is 0 Å². The van der Waals surface area contributed by atoms with Crippen molar-refractivity contribution in [2.75, 3.05) is 19.6 Å². The van der Waals surface area contributed by atoms with Crippen LogP contribution in [0.4, 0.5) is 0 Å². The molecule has 2 rings (SSSR count). The van der Waals surface area contributed by atoms with Crippen LogP contribution in [0.5, 0.6) is 0 Å². The first-order chi connectivity index (χ1) is 13.0. The Morgan fingerprint density at radius 2 is 1.37 bits per heavy atom. The molecule has 2 aromatic carbocycles. The van der Waals surface area contributed by atoms with Crippen LogP contribution in [0.2, 0.25) is 0 Å². The molecule has 2 N–H and O–H groups in total. The molecule has 1 unspecified atom stereocenters. The van der Waals surface area contributed by atoms with E-state index in [1.54, 1.807) is 0 Å².